The number of hydrogen-bond donors (Lipinski definition) is 2. The van der Waals surface area contributed by atoms with Gasteiger partial charge < -0.3 is 15.7 Å². The summed E-state index contributed by atoms with van der Waals surface area (Å²) in [5.74, 6) is 0.102. The quantitative estimate of drug-likeness (QED) is 0.851. The molecule has 5 heteroatoms. The number of carbonyl (C=O) groups is 1. The standard InChI is InChI=1S/C16H20N2O2S/c1-9-3-4-13-11(7-9)14(17)15(21-13)16(20)18-6-5-12(19)10(2)8-18/h3-4,7,10,12,19H,5-6,8,17H2,1-2H3. The molecule has 1 amide bonds. The van der Waals surface area contributed by atoms with Crippen molar-refractivity contribution in [1.82, 2.24) is 4.90 Å². The Labute approximate surface area is 128 Å². The van der Waals surface area contributed by atoms with Crippen molar-refractivity contribution in [2.75, 3.05) is 18.8 Å². The molecule has 4 nitrogen and oxygen atoms in total. The molecule has 1 saturated heterocycles. The summed E-state index contributed by atoms with van der Waals surface area (Å²) < 4.78 is 1.05. The first-order chi connectivity index (χ1) is 9.97. The molecule has 1 aromatic carbocycles. The van der Waals surface area contributed by atoms with E-state index in [4.69, 9.17) is 5.73 Å². The van der Waals surface area contributed by atoms with Crippen LogP contribution in [0, 0.1) is 12.8 Å². The van der Waals surface area contributed by atoms with Crippen molar-refractivity contribution in [3.8, 4) is 0 Å². The Bertz CT molecular complexity index is 695. The van der Waals surface area contributed by atoms with Crippen LogP contribution < -0.4 is 5.73 Å². The van der Waals surface area contributed by atoms with E-state index < -0.39 is 0 Å². The molecular weight excluding hydrogens is 284 g/mol. The van der Waals surface area contributed by atoms with E-state index in [1.807, 2.05) is 36.9 Å². The number of amides is 1. The summed E-state index contributed by atoms with van der Waals surface area (Å²) in [4.78, 5) is 15.1. The van der Waals surface area contributed by atoms with Crippen LogP contribution in [0.15, 0.2) is 18.2 Å². The van der Waals surface area contributed by atoms with Crippen molar-refractivity contribution >= 4 is 33.0 Å². The highest BCUT2D eigenvalue weighted by Crippen LogP contribution is 2.35. The zero-order chi connectivity index (χ0) is 15.1. The molecule has 1 aliphatic heterocycles. The Morgan fingerprint density at radius 2 is 2.24 bits per heavy atom. The van der Waals surface area contributed by atoms with Crippen LogP contribution in [0.4, 0.5) is 5.69 Å². The zero-order valence-electron chi connectivity index (χ0n) is 12.3. The number of piperidine rings is 1. The number of fused-ring (bicyclic) bond motifs is 1. The summed E-state index contributed by atoms with van der Waals surface area (Å²) in [6.07, 6.45) is 0.327. The van der Waals surface area contributed by atoms with E-state index in [0.717, 1.165) is 15.6 Å². The van der Waals surface area contributed by atoms with Crippen molar-refractivity contribution in [2.24, 2.45) is 5.92 Å². The van der Waals surface area contributed by atoms with Gasteiger partial charge in [0, 0.05) is 23.2 Å². The SMILES string of the molecule is Cc1ccc2sc(C(=O)N3CCC(O)C(C)C3)c(N)c2c1. The number of aryl methyl sites for hydroxylation is 1. The summed E-state index contributed by atoms with van der Waals surface area (Å²) >= 11 is 1.46. The predicted molar refractivity (Wildman–Crippen MR) is 86.7 cm³/mol. The lowest BCUT2D eigenvalue weighted by atomic mass is 9.96. The number of rotatable bonds is 1. The molecule has 0 bridgehead atoms. The van der Waals surface area contributed by atoms with Gasteiger partial charge >= 0.3 is 0 Å². The predicted octanol–water partition coefficient (Wildman–Crippen LogP) is 2.63. The van der Waals surface area contributed by atoms with Gasteiger partial charge in [0.05, 0.1) is 11.8 Å². The van der Waals surface area contributed by atoms with Gasteiger partial charge in [-0.25, -0.2) is 0 Å². The minimum absolute atomic E-state index is 0.00916. The van der Waals surface area contributed by atoms with Gasteiger partial charge in [-0.15, -0.1) is 11.3 Å². The van der Waals surface area contributed by atoms with Crippen LogP contribution in [0.25, 0.3) is 10.1 Å². The molecule has 2 aromatic rings. The molecule has 112 valence electrons. The lowest BCUT2D eigenvalue weighted by Crippen LogP contribution is -2.44. The second kappa shape index (κ2) is 5.31. The molecule has 0 aliphatic carbocycles. The first-order valence-electron chi connectivity index (χ1n) is 7.23. The largest absolute Gasteiger partial charge is 0.397 e. The van der Waals surface area contributed by atoms with E-state index in [2.05, 4.69) is 0 Å². The van der Waals surface area contributed by atoms with Gasteiger partial charge in [-0.05, 0) is 31.4 Å². The molecule has 21 heavy (non-hydrogen) atoms. The van der Waals surface area contributed by atoms with E-state index in [9.17, 15) is 9.90 Å². The Hall–Kier alpha value is -1.59. The lowest BCUT2D eigenvalue weighted by molar-refractivity contribution is 0.0301. The molecule has 2 heterocycles. The first-order valence-corrected chi connectivity index (χ1v) is 8.05. The Kier molecular flexibility index (Phi) is 3.63. The van der Waals surface area contributed by atoms with E-state index in [0.29, 0.717) is 30.1 Å². The number of nitrogen functional groups attached to an aromatic ring is 1. The van der Waals surface area contributed by atoms with Crippen LogP contribution in [-0.4, -0.2) is 35.1 Å². The van der Waals surface area contributed by atoms with Gasteiger partial charge in [0.1, 0.15) is 4.88 Å². The molecule has 3 N–H and O–H groups in total. The van der Waals surface area contributed by atoms with Crippen molar-refractivity contribution in [1.29, 1.82) is 0 Å². The molecule has 2 atom stereocenters. The van der Waals surface area contributed by atoms with Gasteiger partial charge in [0.15, 0.2) is 0 Å². The highest BCUT2D eigenvalue weighted by atomic mass is 32.1. The van der Waals surface area contributed by atoms with E-state index in [1.165, 1.54) is 11.3 Å². The van der Waals surface area contributed by atoms with Crippen molar-refractivity contribution in [3.63, 3.8) is 0 Å². The zero-order valence-corrected chi connectivity index (χ0v) is 13.1. The molecule has 2 unspecified atom stereocenters. The molecule has 0 spiro atoms. The summed E-state index contributed by atoms with van der Waals surface area (Å²) in [5, 5.41) is 10.8. The Morgan fingerprint density at radius 1 is 1.48 bits per heavy atom. The molecule has 1 aliphatic rings. The van der Waals surface area contributed by atoms with E-state index in [1.54, 1.807) is 0 Å². The normalized spacial score (nSPS) is 22.7. The van der Waals surface area contributed by atoms with Gasteiger partial charge in [-0.3, -0.25) is 4.79 Å². The average Bonchev–Trinajstić information content (AvgIpc) is 2.78. The Morgan fingerprint density at radius 3 is 2.95 bits per heavy atom. The van der Waals surface area contributed by atoms with Gasteiger partial charge in [0.2, 0.25) is 0 Å². The van der Waals surface area contributed by atoms with Crippen LogP contribution in [-0.2, 0) is 0 Å². The maximum atomic E-state index is 12.7. The number of benzene rings is 1. The maximum Gasteiger partial charge on any atom is 0.266 e. The monoisotopic (exact) mass is 304 g/mol. The number of hydrogen-bond acceptors (Lipinski definition) is 4. The maximum absolute atomic E-state index is 12.7. The summed E-state index contributed by atoms with van der Waals surface area (Å²) in [6.45, 7) is 5.18. The molecular formula is C16H20N2O2S. The molecule has 1 aromatic heterocycles. The number of thiophene rings is 1. The van der Waals surface area contributed by atoms with Crippen LogP contribution in [0.1, 0.15) is 28.6 Å². The summed E-state index contributed by atoms with van der Waals surface area (Å²) in [5.41, 5.74) is 7.92. The number of likely N-dealkylation sites (tertiary alicyclic amines) is 1. The van der Waals surface area contributed by atoms with Crippen molar-refractivity contribution in [2.45, 2.75) is 26.4 Å². The van der Waals surface area contributed by atoms with Gasteiger partial charge in [-0.1, -0.05) is 18.6 Å². The topological polar surface area (TPSA) is 66.6 Å². The summed E-state index contributed by atoms with van der Waals surface area (Å²) in [6, 6.07) is 6.08. The molecule has 1 fully saturated rings. The lowest BCUT2D eigenvalue weighted by Gasteiger charge is -2.34. The third-order valence-corrected chi connectivity index (χ3v) is 5.40. The average molecular weight is 304 g/mol. The Balaban J connectivity index is 1.93. The molecule has 0 radical (unpaired) electrons. The van der Waals surface area contributed by atoms with Crippen LogP contribution in [0.3, 0.4) is 0 Å². The number of carbonyl (C=O) groups excluding carboxylic acids is 1. The number of anilines is 1. The third-order valence-electron chi connectivity index (χ3n) is 4.22. The number of nitrogens with two attached hydrogens (primary N) is 1. The van der Waals surface area contributed by atoms with Crippen molar-refractivity contribution < 1.29 is 9.90 Å². The smallest absolute Gasteiger partial charge is 0.266 e. The summed E-state index contributed by atoms with van der Waals surface area (Å²) in [7, 11) is 0. The van der Waals surface area contributed by atoms with Crippen LogP contribution >= 0.6 is 11.3 Å². The highest BCUT2D eigenvalue weighted by molar-refractivity contribution is 7.21. The second-order valence-corrected chi connectivity index (χ2v) is 6.98. The van der Waals surface area contributed by atoms with E-state index in [-0.39, 0.29) is 17.9 Å². The number of nitrogens with zero attached hydrogens (tertiary/aromatic N) is 1. The fourth-order valence-electron chi connectivity index (χ4n) is 2.85. The fraction of sp³-hybridized carbons (Fsp3) is 0.438. The first kappa shape index (κ1) is 14.4. The minimum atomic E-state index is -0.309. The van der Waals surface area contributed by atoms with Crippen LogP contribution in [0.2, 0.25) is 0 Å². The van der Waals surface area contributed by atoms with Gasteiger partial charge in [-0.2, -0.15) is 0 Å². The fourth-order valence-corrected chi connectivity index (χ4v) is 3.92. The third kappa shape index (κ3) is 2.51. The highest BCUT2D eigenvalue weighted by Gasteiger charge is 2.29. The second-order valence-electron chi connectivity index (χ2n) is 5.93. The molecule has 0 saturated carbocycles. The minimum Gasteiger partial charge on any atom is -0.397 e. The molecule has 3 rings (SSSR count). The van der Waals surface area contributed by atoms with Gasteiger partial charge in [0.25, 0.3) is 5.91 Å². The van der Waals surface area contributed by atoms with Crippen molar-refractivity contribution in [3.05, 3.63) is 28.6 Å². The van der Waals surface area contributed by atoms with Crippen LogP contribution in [0.5, 0.6) is 0 Å². The number of aliphatic hydroxyl groups excluding tert-OH is 1. The van der Waals surface area contributed by atoms with E-state index >= 15 is 0 Å². The number of aliphatic hydroxyl groups is 1.